The van der Waals surface area contributed by atoms with Crippen molar-refractivity contribution in [2.24, 2.45) is 11.8 Å². The van der Waals surface area contributed by atoms with Gasteiger partial charge in [0, 0.05) is 4.47 Å². The Balaban J connectivity index is 2.27. The Morgan fingerprint density at radius 3 is 2.53 bits per heavy atom. The summed E-state index contributed by atoms with van der Waals surface area (Å²) < 4.78 is 12.3. The molecule has 2 rings (SSSR count). The number of carbonyl (C=O) groups is 1. The Bertz CT molecular complexity index is 516. The molecule has 1 aliphatic carbocycles. The van der Waals surface area contributed by atoms with Crippen LogP contribution in [0.2, 0.25) is 0 Å². The van der Waals surface area contributed by atoms with Crippen LogP contribution in [0.1, 0.15) is 12.0 Å². The third-order valence-electron chi connectivity index (χ3n) is 3.35. The van der Waals surface area contributed by atoms with E-state index >= 15 is 0 Å². The van der Waals surface area contributed by atoms with Crippen LogP contribution in [0.5, 0.6) is 11.5 Å². The average Bonchev–Trinajstić information content (AvgIpc) is 3.14. The van der Waals surface area contributed by atoms with E-state index in [-0.39, 0.29) is 11.8 Å². The van der Waals surface area contributed by atoms with Gasteiger partial charge in [-0.25, -0.2) is 0 Å². The number of methoxy groups -OCH3 is 2. The minimum atomic E-state index is -0.708. The van der Waals surface area contributed by atoms with Crippen molar-refractivity contribution < 1.29 is 19.4 Å². The van der Waals surface area contributed by atoms with Gasteiger partial charge in [0.25, 0.3) is 0 Å². The normalized spacial score (nSPS) is 21.1. The van der Waals surface area contributed by atoms with E-state index in [9.17, 15) is 4.79 Å². The summed E-state index contributed by atoms with van der Waals surface area (Å²) in [5, 5.41) is 8.94. The predicted octanol–water partition coefficient (Wildman–Crippen LogP) is 3.49. The highest BCUT2D eigenvalue weighted by Gasteiger charge is 2.43. The van der Waals surface area contributed by atoms with Crippen molar-refractivity contribution in [1.82, 2.24) is 0 Å². The predicted molar refractivity (Wildman–Crippen MR) is 77.9 cm³/mol. The van der Waals surface area contributed by atoms with Gasteiger partial charge in [0.2, 0.25) is 0 Å². The molecule has 0 unspecified atom stereocenters. The lowest BCUT2D eigenvalue weighted by atomic mass is 10.1. The second-order valence-corrected chi connectivity index (χ2v) is 6.13. The van der Waals surface area contributed by atoms with Crippen molar-refractivity contribution >= 4 is 37.8 Å². The summed E-state index contributed by atoms with van der Waals surface area (Å²) in [5.74, 6) is 0.557. The van der Waals surface area contributed by atoms with Gasteiger partial charge in [-0.3, -0.25) is 4.79 Å². The highest BCUT2D eigenvalue weighted by molar-refractivity contribution is 9.13. The Morgan fingerprint density at radius 2 is 2.05 bits per heavy atom. The molecule has 6 heteroatoms. The number of ether oxygens (including phenoxy) is 2. The van der Waals surface area contributed by atoms with E-state index in [1.165, 1.54) is 0 Å². The zero-order valence-corrected chi connectivity index (χ0v) is 13.7. The summed E-state index contributed by atoms with van der Waals surface area (Å²) in [5.41, 5.74) is 1.03. The molecule has 1 aliphatic rings. The van der Waals surface area contributed by atoms with Gasteiger partial charge in [-0.05, 0) is 62.2 Å². The highest BCUT2D eigenvalue weighted by atomic mass is 79.9. The molecule has 1 fully saturated rings. The smallest absolute Gasteiger partial charge is 0.306 e. The third kappa shape index (κ3) is 2.89. The van der Waals surface area contributed by atoms with Crippen LogP contribution in [0.25, 0.3) is 0 Å². The first kappa shape index (κ1) is 14.7. The molecule has 0 radical (unpaired) electrons. The van der Waals surface area contributed by atoms with Crippen LogP contribution in [0, 0.1) is 11.8 Å². The molecular weight excluding hydrogens is 380 g/mol. The van der Waals surface area contributed by atoms with Gasteiger partial charge in [0.05, 0.1) is 24.6 Å². The van der Waals surface area contributed by atoms with Crippen molar-refractivity contribution in [2.75, 3.05) is 14.2 Å². The first-order valence-corrected chi connectivity index (χ1v) is 7.39. The van der Waals surface area contributed by atoms with Gasteiger partial charge in [0.15, 0.2) is 11.5 Å². The van der Waals surface area contributed by atoms with Crippen LogP contribution < -0.4 is 9.47 Å². The average molecular weight is 394 g/mol. The molecular formula is C13H14Br2O4. The number of rotatable bonds is 5. The number of hydrogen-bond donors (Lipinski definition) is 1. The van der Waals surface area contributed by atoms with Gasteiger partial charge in [-0.15, -0.1) is 0 Å². The van der Waals surface area contributed by atoms with Gasteiger partial charge in [-0.2, -0.15) is 0 Å². The van der Waals surface area contributed by atoms with Crippen molar-refractivity contribution in [3.63, 3.8) is 0 Å². The number of hydrogen-bond acceptors (Lipinski definition) is 3. The summed E-state index contributed by atoms with van der Waals surface area (Å²) in [7, 11) is 3.16. The Labute approximate surface area is 128 Å². The van der Waals surface area contributed by atoms with Crippen LogP contribution in [0.3, 0.4) is 0 Å². The number of carboxylic acids is 1. The van der Waals surface area contributed by atoms with Crippen molar-refractivity contribution in [3.8, 4) is 11.5 Å². The highest BCUT2D eigenvalue weighted by Crippen LogP contribution is 2.47. The van der Waals surface area contributed by atoms with E-state index in [1.54, 1.807) is 14.2 Å². The van der Waals surface area contributed by atoms with Crippen molar-refractivity contribution in [1.29, 1.82) is 0 Å². The zero-order valence-electron chi connectivity index (χ0n) is 10.6. The fraction of sp³-hybridized carbons (Fsp3) is 0.462. The maximum absolute atomic E-state index is 10.9. The fourth-order valence-electron chi connectivity index (χ4n) is 2.18. The largest absolute Gasteiger partial charge is 0.493 e. The lowest BCUT2D eigenvalue weighted by molar-refractivity contribution is -0.138. The first-order valence-electron chi connectivity index (χ1n) is 5.81. The van der Waals surface area contributed by atoms with Crippen LogP contribution in [-0.2, 0) is 11.2 Å². The number of halogens is 2. The maximum Gasteiger partial charge on any atom is 0.306 e. The van der Waals surface area contributed by atoms with Gasteiger partial charge >= 0.3 is 5.97 Å². The van der Waals surface area contributed by atoms with Gasteiger partial charge < -0.3 is 14.6 Å². The zero-order chi connectivity index (χ0) is 14.2. The second-order valence-electron chi connectivity index (χ2n) is 4.54. The molecule has 0 amide bonds. The standard InChI is InChI=1S/C13H14Br2O4/c1-18-9-5-7(3-6-4-8(6)13(16)17)10(14)11(15)12(9)19-2/h5-6,8H,3-4H2,1-2H3,(H,16,17)/t6-,8+/m1/s1. The molecule has 0 spiro atoms. The van der Waals surface area contributed by atoms with E-state index in [2.05, 4.69) is 31.9 Å². The molecule has 0 saturated heterocycles. The fourth-order valence-corrected chi connectivity index (χ4v) is 3.25. The minimum absolute atomic E-state index is 0.207. The molecule has 4 nitrogen and oxygen atoms in total. The van der Waals surface area contributed by atoms with Gasteiger partial charge in [0.1, 0.15) is 0 Å². The van der Waals surface area contributed by atoms with E-state index in [0.717, 1.165) is 27.4 Å². The van der Waals surface area contributed by atoms with Crippen molar-refractivity contribution in [2.45, 2.75) is 12.8 Å². The van der Waals surface area contributed by atoms with Gasteiger partial charge in [-0.1, -0.05) is 0 Å². The first-order chi connectivity index (χ1) is 8.99. The summed E-state index contributed by atoms with van der Waals surface area (Å²) in [6, 6.07) is 1.89. The van der Waals surface area contributed by atoms with Crippen LogP contribution in [0.4, 0.5) is 0 Å². The van der Waals surface area contributed by atoms with Crippen molar-refractivity contribution in [3.05, 3.63) is 20.6 Å². The Morgan fingerprint density at radius 1 is 1.37 bits per heavy atom. The lowest BCUT2D eigenvalue weighted by Crippen LogP contribution is -2.02. The molecule has 1 aromatic carbocycles. The molecule has 2 atom stereocenters. The molecule has 104 valence electrons. The van der Waals surface area contributed by atoms with Crippen LogP contribution in [0.15, 0.2) is 15.0 Å². The molecule has 0 heterocycles. The van der Waals surface area contributed by atoms with Crippen LogP contribution >= 0.6 is 31.9 Å². The maximum atomic E-state index is 10.9. The quantitative estimate of drug-likeness (QED) is 0.831. The molecule has 1 N–H and O–H groups in total. The number of aliphatic carboxylic acids is 1. The molecule has 19 heavy (non-hydrogen) atoms. The van der Waals surface area contributed by atoms with E-state index < -0.39 is 5.97 Å². The molecule has 0 aromatic heterocycles. The monoisotopic (exact) mass is 392 g/mol. The summed E-state index contributed by atoms with van der Waals surface area (Å²) in [6.07, 6.45) is 1.46. The minimum Gasteiger partial charge on any atom is -0.493 e. The van der Waals surface area contributed by atoms with E-state index in [0.29, 0.717) is 11.5 Å². The summed E-state index contributed by atoms with van der Waals surface area (Å²) >= 11 is 6.99. The van der Waals surface area contributed by atoms with E-state index in [1.807, 2.05) is 6.07 Å². The summed E-state index contributed by atoms with van der Waals surface area (Å²) in [4.78, 5) is 10.9. The third-order valence-corrected chi connectivity index (χ3v) is 5.54. The second kappa shape index (κ2) is 5.71. The molecule has 0 aliphatic heterocycles. The molecule has 1 saturated carbocycles. The Hall–Kier alpha value is -0.750. The van der Waals surface area contributed by atoms with E-state index in [4.69, 9.17) is 14.6 Å². The van der Waals surface area contributed by atoms with Crippen LogP contribution in [-0.4, -0.2) is 25.3 Å². The molecule has 1 aromatic rings. The number of benzene rings is 1. The topological polar surface area (TPSA) is 55.8 Å². The number of carboxylic acid groups (broad SMARTS) is 1. The lowest BCUT2D eigenvalue weighted by Gasteiger charge is -2.14. The molecule has 0 bridgehead atoms. The SMILES string of the molecule is COc1cc(C[C@@H]2C[C@@H]2C(=O)O)c(Br)c(Br)c1OC. The Kier molecular flexibility index (Phi) is 4.40. The summed E-state index contributed by atoms with van der Waals surface area (Å²) in [6.45, 7) is 0.